The van der Waals surface area contributed by atoms with Crippen LogP contribution in [0.1, 0.15) is 16.8 Å². The molecular formula is C13H14N4O2. The topological polar surface area (TPSA) is 78.1 Å². The van der Waals surface area contributed by atoms with Crippen molar-refractivity contribution in [3.63, 3.8) is 0 Å². The fraction of sp³-hybridized carbons (Fsp3) is 0.308. The summed E-state index contributed by atoms with van der Waals surface area (Å²) < 4.78 is 0. The van der Waals surface area contributed by atoms with Crippen LogP contribution in [0.3, 0.4) is 0 Å². The first-order valence-corrected chi connectivity index (χ1v) is 6.23. The number of rotatable bonds is 1. The molecule has 1 saturated heterocycles. The second-order valence-electron chi connectivity index (χ2n) is 4.60. The van der Waals surface area contributed by atoms with Gasteiger partial charge in [0.2, 0.25) is 5.91 Å². The molecular weight excluding hydrogens is 244 g/mol. The molecule has 3 rings (SSSR count). The molecule has 1 aliphatic heterocycles. The Morgan fingerprint density at radius 3 is 3.16 bits per heavy atom. The standard InChI is InChI=1S/C13H14N4O2/c18-12-8-17(5-1-4-14-12)13(19)9-2-3-10-7-15-16-11(10)6-9/h2-3,6-7H,1,4-5,8H2,(H,14,18)(H,15,16). The third kappa shape index (κ3) is 2.29. The van der Waals surface area contributed by atoms with E-state index < -0.39 is 0 Å². The summed E-state index contributed by atoms with van der Waals surface area (Å²) in [5.41, 5.74) is 1.40. The molecule has 2 aromatic rings. The Hall–Kier alpha value is -2.37. The Balaban J connectivity index is 1.87. The zero-order valence-electron chi connectivity index (χ0n) is 10.3. The van der Waals surface area contributed by atoms with E-state index in [9.17, 15) is 9.59 Å². The van der Waals surface area contributed by atoms with Crippen molar-refractivity contribution >= 4 is 22.7 Å². The molecule has 0 unspecified atom stereocenters. The van der Waals surface area contributed by atoms with Crippen LogP contribution in [0, 0.1) is 0 Å². The van der Waals surface area contributed by atoms with Crippen LogP contribution in [0.15, 0.2) is 24.4 Å². The van der Waals surface area contributed by atoms with E-state index in [2.05, 4.69) is 15.5 Å². The summed E-state index contributed by atoms with van der Waals surface area (Å²) in [6, 6.07) is 5.39. The molecule has 1 aromatic heterocycles. The normalized spacial score (nSPS) is 16.2. The van der Waals surface area contributed by atoms with Crippen molar-refractivity contribution in [3.8, 4) is 0 Å². The lowest BCUT2D eigenvalue weighted by Gasteiger charge is -2.18. The van der Waals surface area contributed by atoms with Gasteiger partial charge in [-0.05, 0) is 18.6 Å². The first-order chi connectivity index (χ1) is 9.24. The molecule has 2 amide bonds. The summed E-state index contributed by atoms with van der Waals surface area (Å²) in [7, 11) is 0. The van der Waals surface area contributed by atoms with E-state index in [1.54, 1.807) is 23.2 Å². The molecule has 1 aliphatic rings. The molecule has 6 heteroatoms. The van der Waals surface area contributed by atoms with Gasteiger partial charge in [0, 0.05) is 24.0 Å². The first-order valence-electron chi connectivity index (χ1n) is 6.23. The van der Waals surface area contributed by atoms with Crippen LogP contribution in [0.25, 0.3) is 10.9 Å². The number of hydrogen-bond donors (Lipinski definition) is 2. The minimum Gasteiger partial charge on any atom is -0.354 e. The Bertz CT molecular complexity index is 634. The van der Waals surface area contributed by atoms with Crippen LogP contribution < -0.4 is 5.32 Å². The summed E-state index contributed by atoms with van der Waals surface area (Å²) in [6.45, 7) is 1.35. The van der Waals surface area contributed by atoms with Gasteiger partial charge in [-0.2, -0.15) is 5.10 Å². The molecule has 2 heterocycles. The third-order valence-electron chi connectivity index (χ3n) is 3.24. The highest BCUT2D eigenvalue weighted by molar-refractivity contribution is 5.99. The zero-order valence-corrected chi connectivity index (χ0v) is 10.3. The van der Waals surface area contributed by atoms with Gasteiger partial charge < -0.3 is 10.2 Å². The monoisotopic (exact) mass is 258 g/mol. The molecule has 0 saturated carbocycles. The van der Waals surface area contributed by atoms with E-state index in [0.717, 1.165) is 17.3 Å². The van der Waals surface area contributed by atoms with Crippen molar-refractivity contribution in [1.29, 1.82) is 0 Å². The van der Waals surface area contributed by atoms with Gasteiger partial charge in [0.15, 0.2) is 0 Å². The largest absolute Gasteiger partial charge is 0.354 e. The highest BCUT2D eigenvalue weighted by Crippen LogP contribution is 2.15. The number of amides is 2. The van der Waals surface area contributed by atoms with E-state index in [4.69, 9.17) is 0 Å². The Morgan fingerprint density at radius 2 is 2.26 bits per heavy atom. The maximum atomic E-state index is 12.4. The second-order valence-corrected chi connectivity index (χ2v) is 4.60. The minimum absolute atomic E-state index is 0.103. The van der Waals surface area contributed by atoms with Gasteiger partial charge >= 0.3 is 0 Å². The quantitative estimate of drug-likeness (QED) is 0.783. The fourth-order valence-electron chi connectivity index (χ4n) is 2.23. The predicted molar refractivity (Wildman–Crippen MR) is 69.6 cm³/mol. The number of carbonyl (C=O) groups is 2. The SMILES string of the molecule is O=C1CN(C(=O)c2ccc3cn[nH]c3c2)CCCN1. The van der Waals surface area contributed by atoms with E-state index in [1.165, 1.54) is 0 Å². The lowest BCUT2D eigenvalue weighted by molar-refractivity contribution is -0.121. The molecule has 98 valence electrons. The smallest absolute Gasteiger partial charge is 0.254 e. The molecule has 0 radical (unpaired) electrons. The molecule has 6 nitrogen and oxygen atoms in total. The van der Waals surface area contributed by atoms with Gasteiger partial charge in [-0.1, -0.05) is 6.07 Å². The van der Waals surface area contributed by atoms with Crippen molar-refractivity contribution in [2.75, 3.05) is 19.6 Å². The van der Waals surface area contributed by atoms with E-state index in [-0.39, 0.29) is 18.4 Å². The van der Waals surface area contributed by atoms with Crippen LogP contribution in [0.2, 0.25) is 0 Å². The molecule has 1 aromatic carbocycles. The van der Waals surface area contributed by atoms with Crippen LogP contribution in [-0.4, -0.2) is 46.5 Å². The number of nitrogens with one attached hydrogen (secondary N) is 2. The lowest BCUT2D eigenvalue weighted by atomic mass is 10.1. The second kappa shape index (κ2) is 4.72. The highest BCUT2D eigenvalue weighted by Gasteiger charge is 2.21. The maximum absolute atomic E-state index is 12.4. The minimum atomic E-state index is -0.117. The van der Waals surface area contributed by atoms with E-state index >= 15 is 0 Å². The van der Waals surface area contributed by atoms with Crippen molar-refractivity contribution in [2.45, 2.75) is 6.42 Å². The van der Waals surface area contributed by atoms with Gasteiger partial charge in [-0.25, -0.2) is 0 Å². The van der Waals surface area contributed by atoms with Crippen LogP contribution in [0.4, 0.5) is 0 Å². The van der Waals surface area contributed by atoms with Crippen molar-refractivity contribution in [3.05, 3.63) is 30.0 Å². The van der Waals surface area contributed by atoms with Gasteiger partial charge in [0.05, 0.1) is 18.3 Å². The number of H-pyrrole nitrogens is 1. The van der Waals surface area contributed by atoms with Crippen LogP contribution in [0.5, 0.6) is 0 Å². The van der Waals surface area contributed by atoms with Crippen LogP contribution >= 0.6 is 0 Å². The predicted octanol–water partition coefficient (Wildman–Crippen LogP) is 0.525. The summed E-state index contributed by atoms with van der Waals surface area (Å²) >= 11 is 0. The van der Waals surface area contributed by atoms with Crippen molar-refractivity contribution in [2.24, 2.45) is 0 Å². The lowest BCUT2D eigenvalue weighted by Crippen LogP contribution is -2.37. The average molecular weight is 258 g/mol. The zero-order chi connectivity index (χ0) is 13.2. The summed E-state index contributed by atoms with van der Waals surface area (Å²) in [4.78, 5) is 25.4. The third-order valence-corrected chi connectivity index (χ3v) is 3.24. The molecule has 0 spiro atoms. The number of benzene rings is 1. The number of aromatic amines is 1. The summed E-state index contributed by atoms with van der Waals surface area (Å²) in [5, 5.41) is 10.5. The Kier molecular flexibility index (Phi) is 2.91. The van der Waals surface area contributed by atoms with Gasteiger partial charge in [-0.3, -0.25) is 14.7 Å². The first kappa shape index (κ1) is 11.7. The van der Waals surface area contributed by atoms with E-state index in [1.807, 2.05) is 6.07 Å². The van der Waals surface area contributed by atoms with Gasteiger partial charge in [-0.15, -0.1) is 0 Å². The van der Waals surface area contributed by atoms with Crippen LogP contribution in [-0.2, 0) is 4.79 Å². The summed E-state index contributed by atoms with van der Waals surface area (Å²) in [6.07, 6.45) is 2.49. The number of nitrogens with zero attached hydrogens (tertiary/aromatic N) is 2. The van der Waals surface area contributed by atoms with Crippen molar-refractivity contribution in [1.82, 2.24) is 20.4 Å². The number of fused-ring (bicyclic) bond motifs is 1. The number of hydrogen-bond acceptors (Lipinski definition) is 3. The highest BCUT2D eigenvalue weighted by atomic mass is 16.2. The maximum Gasteiger partial charge on any atom is 0.254 e. The van der Waals surface area contributed by atoms with Gasteiger partial charge in [0.25, 0.3) is 5.91 Å². The van der Waals surface area contributed by atoms with Gasteiger partial charge in [0.1, 0.15) is 0 Å². The molecule has 0 bridgehead atoms. The molecule has 0 atom stereocenters. The van der Waals surface area contributed by atoms with E-state index in [0.29, 0.717) is 18.7 Å². The fourth-order valence-corrected chi connectivity index (χ4v) is 2.23. The number of carbonyl (C=O) groups excluding carboxylic acids is 2. The Morgan fingerprint density at radius 1 is 1.37 bits per heavy atom. The average Bonchev–Trinajstić information content (AvgIpc) is 2.78. The Labute approximate surface area is 109 Å². The molecule has 2 N–H and O–H groups in total. The number of aromatic nitrogens is 2. The molecule has 19 heavy (non-hydrogen) atoms. The summed E-state index contributed by atoms with van der Waals surface area (Å²) in [5.74, 6) is -0.220. The molecule has 0 aliphatic carbocycles. The van der Waals surface area contributed by atoms with Crippen molar-refractivity contribution < 1.29 is 9.59 Å². The molecule has 1 fully saturated rings.